The fourth-order valence-corrected chi connectivity index (χ4v) is 5.55. The van der Waals surface area contributed by atoms with Gasteiger partial charge in [0.1, 0.15) is 11.6 Å². The van der Waals surface area contributed by atoms with Gasteiger partial charge >= 0.3 is 5.92 Å². The Balaban J connectivity index is 1.57. The predicted octanol–water partition coefficient (Wildman–Crippen LogP) is 2.92. The molecule has 0 aliphatic carbocycles. The highest BCUT2D eigenvalue weighted by molar-refractivity contribution is 7.88. The van der Waals surface area contributed by atoms with Gasteiger partial charge in [0, 0.05) is 17.3 Å². The lowest BCUT2D eigenvalue weighted by molar-refractivity contribution is -0.178. The van der Waals surface area contributed by atoms with Crippen molar-refractivity contribution in [3.63, 3.8) is 0 Å². The normalized spacial score (nSPS) is 22.0. The van der Waals surface area contributed by atoms with E-state index in [0.29, 0.717) is 12.1 Å². The zero-order chi connectivity index (χ0) is 27.1. The summed E-state index contributed by atoms with van der Waals surface area (Å²) < 4.78 is 90.1. The molecule has 37 heavy (non-hydrogen) atoms. The second kappa shape index (κ2) is 10.0. The number of rotatable bonds is 6. The van der Waals surface area contributed by atoms with Crippen molar-refractivity contribution in [2.24, 2.45) is 0 Å². The first kappa shape index (κ1) is 27.0. The Kier molecular flexibility index (Phi) is 7.32. The number of amides is 2. The first-order valence-electron chi connectivity index (χ1n) is 11.4. The van der Waals surface area contributed by atoms with E-state index >= 15 is 8.78 Å². The number of fused-ring (bicyclic) bond motifs is 2. The van der Waals surface area contributed by atoms with Crippen LogP contribution in [0.2, 0.25) is 0 Å². The van der Waals surface area contributed by atoms with Crippen molar-refractivity contribution in [1.29, 1.82) is 0 Å². The number of piperidine rings is 1. The topological polar surface area (TPSA) is 105 Å². The van der Waals surface area contributed by atoms with Gasteiger partial charge in [0.2, 0.25) is 10.0 Å². The number of carbonyl (C=O) groups is 2. The van der Waals surface area contributed by atoms with Gasteiger partial charge in [-0.05, 0) is 61.7 Å². The van der Waals surface area contributed by atoms with Crippen LogP contribution < -0.4 is 10.0 Å². The minimum Gasteiger partial charge on any atom is -0.377 e. The first-order chi connectivity index (χ1) is 17.3. The van der Waals surface area contributed by atoms with Crippen LogP contribution in [0, 0.1) is 18.6 Å². The summed E-state index contributed by atoms with van der Waals surface area (Å²) in [6.45, 7) is 1.32. The van der Waals surface area contributed by atoms with E-state index in [9.17, 15) is 26.8 Å². The Bertz CT molecular complexity index is 1320. The number of carbonyl (C=O) groups excluding carboxylic acids is 2. The van der Waals surface area contributed by atoms with Crippen LogP contribution in [0.3, 0.4) is 0 Å². The minimum atomic E-state index is -4.32. The van der Waals surface area contributed by atoms with Crippen LogP contribution in [0.25, 0.3) is 0 Å². The van der Waals surface area contributed by atoms with Crippen molar-refractivity contribution in [1.82, 2.24) is 9.62 Å². The summed E-state index contributed by atoms with van der Waals surface area (Å²) in [7, 11) is -3.56. The van der Waals surface area contributed by atoms with E-state index in [1.165, 1.54) is 19.1 Å². The summed E-state index contributed by atoms with van der Waals surface area (Å²) in [5.74, 6) is -8.70. The Morgan fingerprint density at radius 2 is 1.65 bits per heavy atom. The SMILES string of the molecule is Cc1cc(NC(=O)c2ccc(F)c(C(F)(F)C(=O)N3[C@@H]4COC[C@H]3CC(NS(C)(=O)=O)C4)c2)ccc1F. The molecule has 2 bridgehead atoms. The molecule has 2 N–H and O–H groups in total. The van der Waals surface area contributed by atoms with Gasteiger partial charge in [0.05, 0.1) is 37.1 Å². The van der Waals surface area contributed by atoms with Crippen molar-refractivity contribution in [3.8, 4) is 0 Å². The van der Waals surface area contributed by atoms with Gasteiger partial charge in [-0.2, -0.15) is 8.78 Å². The average Bonchev–Trinajstić information content (AvgIpc) is 2.79. The number of morpholine rings is 1. The largest absolute Gasteiger partial charge is 0.377 e. The van der Waals surface area contributed by atoms with Gasteiger partial charge in [0.25, 0.3) is 11.8 Å². The maximum atomic E-state index is 15.5. The number of sulfonamides is 1. The van der Waals surface area contributed by atoms with Crippen molar-refractivity contribution in [3.05, 3.63) is 64.7 Å². The molecule has 2 aromatic rings. The summed E-state index contributed by atoms with van der Waals surface area (Å²) >= 11 is 0. The number of ether oxygens (including phenoxy) is 1. The molecule has 3 atom stereocenters. The molecule has 8 nitrogen and oxygen atoms in total. The summed E-state index contributed by atoms with van der Waals surface area (Å²) in [5.41, 5.74) is -1.14. The summed E-state index contributed by atoms with van der Waals surface area (Å²) in [6, 6.07) is 3.79. The van der Waals surface area contributed by atoms with Crippen molar-refractivity contribution in [2.45, 2.75) is 43.8 Å². The molecule has 2 aliphatic heterocycles. The van der Waals surface area contributed by atoms with Crippen LogP contribution in [0.1, 0.15) is 34.3 Å². The molecule has 2 amide bonds. The molecule has 2 aliphatic rings. The third kappa shape index (κ3) is 5.78. The molecule has 4 rings (SSSR count). The quantitative estimate of drug-likeness (QED) is 0.546. The van der Waals surface area contributed by atoms with E-state index in [-0.39, 0.29) is 42.9 Å². The Morgan fingerprint density at radius 1 is 1.03 bits per heavy atom. The lowest BCUT2D eigenvalue weighted by atomic mass is 9.89. The number of benzene rings is 2. The van der Waals surface area contributed by atoms with E-state index < -0.39 is 63.1 Å². The van der Waals surface area contributed by atoms with Gasteiger partial charge in [0.15, 0.2) is 0 Å². The van der Waals surface area contributed by atoms with Crippen molar-refractivity contribution in [2.75, 3.05) is 24.8 Å². The number of halogens is 4. The molecular formula is C24H25F4N3O5S. The van der Waals surface area contributed by atoms with Gasteiger partial charge in [-0.15, -0.1) is 0 Å². The fourth-order valence-electron chi connectivity index (χ4n) is 4.76. The van der Waals surface area contributed by atoms with E-state index in [4.69, 9.17) is 4.74 Å². The highest BCUT2D eigenvalue weighted by Crippen LogP contribution is 2.38. The summed E-state index contributed by atoms with van der Waals surface area (Å²) in [4.78, 5) is 26.7. The molecule has 2 saturated heterocycles. The number of anilines is 1. The van der Waals surface area contributed by atoms with Crippen LogP contribution in [0.4, 0.5) is 23.2 Å². The number of hydrogen-bond donors (Lipinski definition) is 2. The fraction of sp³-hybridized carbons (Fsp3) is 0.417. The molecule has 0 spiro atoms. The highest BCUT2D eigenvalue weighted by atomic mass is 32.2. The third-order valence-electron chi connectivity index (χ3n) is 6.39. The number of aryl methyl sites for hydroxylation is 1. The van der Waals surface area contributed by atoms with E-state index in [0.717, 1.165) is 23.3 Å². The molecule has 0 aromatic heterocycles. The lowest BCUT2D eigenvalue weighted by Gasteiger charge is -2.49. The molecule has 0 radical (unpaired) electrons. The second-order valence-corrected chi connectivity index (χ2v) is 11.1. The van der Waals surface area contributed by atoms with Crippen molar-refractivity contribution >= 4 is 27.5 Å². The first-order valence-corrected chi connectivity index (χ1v) is 13.3. The molecule has 2 heterocycles. The number of alkyl halides is 2. The van der Waals surface area contributed by atoms with Crippen LogP contribution >= 0.6 is 0 Å². The molecule has 2 aromatic carbocycles. The van der Waals surface area contributed by atoms with Crippen molar-refractivity contribution < 1.29 is 40.3 Å². The third-order valence-corrected chi connectivity index (χ3v) is 7.15. The highest BCUT2D eigenvalue weighted by Gasteiger charge is 2.52. The zero-order valence-corrected chi connectivity index (χ0v) is 20.7. The van der Waals surface area contributed by atoms with Gasteiger partial charge in [-0.25, -0.2) is 21.9 Å². The molecule has 2 fully saturated rings. The molecular weight excluding hydrogens is 518 g/mol. The maximum Gasteiger partial charge on any atom is 0.352 e. The van der Waals surface area contributed by atoms with E-state index in [2.05, 4.69) is 10.0 Å². The van der Waals surface area contributed by atoms with E-state index in [1.807, 2.05) is 0 Å². The van der Waals surface area contributed by atoms with Gasteiger partial charge in [-0.3, -0.25) is 9.59 Å². The Hall–Kier alpha value is -3.03. The summed E-state index contributed by atoms with van der Waals surface area (Å²) in [6.07, 6.45) is 1.08. The number of hydrogen-bond acceptors (Lipinski definition) is 5. The molecule has 0 saturated carbocycles. The van der Waals surface area contributed by atoms with E-state index in [1.54, 1.807) is 0 Å². The van der Waals surface area contributed by atoms with Gasteiger partial charge < -0.3 is 15.0 Å². The lowest BCUT2D eigenvalue weighted by Crippen LogP contribution is -2.64. The number of nitrogens with one attached hydrogen (secondary N) is 2. The average molecular weight is 544 g/mol. The smallest absolute Gasteiger partial charge is 0.352 e. The number of nitrogens with zero attached hydrogens (tertiary/aromatic N) is 1. The Morgan fingerprint density at radius 3 is 2.24 bits per heavy atom. The molecule has 200 valence electrons. The van der Waals surface area contributed by atoms with Crippen LogP contribution in [0.5, 0.6) is 0 Å². The van der Waals surface area contributed by atoms with Crippen LogP contribution in [0.15, 0.2) is 36.4 Å². The summed E-state index contributed by atoms with van der Waals surface area (Å²) in [5, 5.41) is 2.43. The van der Waals surface area contributed by atoms with Crippen LogP contribution in [-0.2, 0) is 25.5 Å². The van der Waals surface area contributed by atoms with Gasteiger partial charge in [-0.1, -0.05) is 0 Å². The minimum absolute atomic E-state index is 0.0490. The standard InChI is InChI=1S/C24H25F4N3O5S/c1-13-7-15(4-6-20(13)25)29-22(32)14-3-5-21(26)19(8-14)24(27,28)23(33)31-17-9-16(30-37(2,34)35)10-18(31)12-36-11-17/h3-8,16-18,30H,9-12H2,1-2H3,(H,29,32)/t16?,17-,18+. The predicted molar refractivity (Wildman–Crippen MR) is 126 cm³/mol. The van der Waals surface area contributed by atoms with Crippen LogP contribution in [-0.4, -0.2) is 62.7 Å². The molecule has 13 heteroatoms. The maximum absolute atomic E-state index is 15.5. The monoisotopic (exact) mass is 543 g/mol. The molecule has 1 unspecified atom stereocenters. The second-order valence-electron chi connectivity index (χ2n) is 9.30. The zero-order valence-electron chi connectivity index (χ0n) is 19.9. The Labute approximate surface area is 211 Å².